The van der Waals surface area contributed by atoms with Gasteiger partial charge in [0.1, 0.15) is 0 Å². The molecule has 0 saturated carbocycles. The Morgan fingerprint density at radius 1 is 0.759 bits per heavy atom. The summed E-state index contributed by atoms with van der Waals surface area (Å²) in [6.45, 7) is 3.88. The third kappa shape index (κ3) is 3.48. The van der Waals surface area contributed by atoms with E-state index < -0.39 is 5.56 Å². The molecule has 0 unspecified atom stereocenters. The maximum Gasteiger partial charge on any atom is 0.303 e. The van der Waals surface area contributed by atoms with Crippen molar-refractivity contribution in [2.45, 2.75) is 13.8 Å². The first-order valence-electron chi connectivity index (χ1n) is 9.23. The highest BCUT2D eigenvalue weighted by molar-refractivity contribution is 5.54. The highest BCUT2D eigenvalue weighted by atomic mass is 16.3. The Morgan fingerprint density at radius 3 is 1.97 bits per heavy atom. The molecule has 1 N–H and O–H groups in total. The molecule has 0 bridgehead atoms. The molecule has 0 aliphatic heterocycles. The van der Waals surface area contributed by atoms with Gasteiger partial charge in [0, 0.05) is 0 Å². The van der Waals surface area contributed by atoms with Crippen molar-refractivity contribution in [1.29, 1.82) is 0 Å². The summed E-state index contributed by atoms with van der Waals surface area (Å²) in [6, 6.07) is 24.1. The number of benzene rings is 3. The summed E-state index contributed by atoms with van der Waals surface area (Å²) in [7, 11) is 0. The molecule has 0 spiro atoms. The van der Waals surface area contributed by atoms with Crippen LogP contribution < -0.4 is 5.56 Å². The first-order valence-corrected chi connectivity index (χ1v) is 9.23. The molecular formula is C23H20N4O2. The minimum Gasteiger partial charge on any atom is -0.492 e. The van der Waals surface area contributed by atoms with Crippen molar-refractivity contribution < 1.29 is 5.11 Å². The van der Waals surface area contributed by atoms with Crippen molar-refractivity contribution in [3.05, 3.63) is 100 Å². The zero-order valence-electron chi connectivity index (χ0n) is 16.1. The van der Waals surface area contributed by atoms with Crippen LogP contribution in [0.15, 0.2) is 93.9 Å². The lowest BCUT2D eigenvalue weighted by Crippen LogP contribution is -2.20. The van der Waals surface area contributed by atoms with Crippen LogP contribution in [0.1, 0.15) is 11.1 Å². The highest BCUT2D eigenvalue weighted by Crippen LogP contribution is 2.30. The Hall–Kier alpha value is -3.93. The second-order valence-electron chi connectivity index (χ2n) is 6.76. The summed E-state index contributed by atoms with van der Waals surface area (Å²) in [5.74, 6) is -0.265. The van der Waals surface area contributed by atoms with Gasteiger partial charge in [0.05, 0.1) is 17.1 Å². The van der Waals surface area contributed by atoms with Crippen molar-refractivity contribution >= 4 is 11.4 Å². The number of azo groups is 1. The van der Waals surface area contributed by atoms with Gasteiger partial charge in [-0.2, -0.15) is 0 Å². The molecule has 6 nitrogen and oxygen atoms in total. The van der Waals surface area contributed by atoms with E-state index in [4.69, 9.17) is 0 Å². The Balaban J connectivity index is 1.92. The lowest BCUT2D eigenvalue weighted by Gasteiger charge is -2.12. The molecule has 0 saturated heterocycles. The van der Waals surface area contributed by atoms with Crippen LogP contribution in [0, 0.1) is 13.8 Å². The second kappa shape index (κ2) is 7.59. The minimum atomic E-state index is -0.452. The molecule has 4 rings (SSSR count). The number of aromatic nitrogens is 2. The molecule has 1 aromatic heterocycles. The summed E-state index contributed by atoms with van der Waals surface area (Å²) in [6.07, 6.45) is 0. The Kier molecular flexibility index (Phi) is 4.83. The van der Waals surface area contributed by atoms with Gasteiger partial charge in [-0.3, -0.25) is 4.79 Å². The third-order valence-corrected chi connectivity index (χ3v) is 4.63. The lowest BCUT2D eigenvalue weighted by atomic mass is 10.1. The van der Waals surface area contributed by atoms with Gasteiger partial charge in [-0.05, 0) is 55.3 Å². The minimum absolute atomic E-state index is 0.112. The quantitative estimate of drug-likeness (QED) is 0.481. The Bertz CT molecular complexity index is 1240. The molecule has 0 amide bonds. The van der Waals surface area contributed by atoms with E-state index in [1.807, 2.05) is 80.6 Å². The van der Waals surface area contributed by atoms with Gasteiger partial charge in [0.15, 0.2) is 0 Å². The van der Waals surface area contributed by atoms with E-state index in [-0.39, 0.29) is 11.6 Å². The maximum absolute atomic E-state index is 13.2. The van der Waals surface area contributed by atoms with E-state index in [9.17, 15) is 9.90 Å². The number of hydrogen-bond acceptors (Lipinski definition) is 4. The molecule has 3 aromatic carbocycles. The maximum atomic E-state index is 13.2. The molecule has 0 radical (unpaired) electrons. The van der Waals surface area contributed by atoms with Crippen LogP contribution in [0.3, 0.4) is 0 Å². The predicted octanol–water partition coefficient (Wildman–Crippen LogP) is 5.37. The lowest BCUT2D eigenvalue weighted by molar-refractivity contribution is 0.426. The first kappa shape index (κ1) is 18.4. The Labute approximate surface area is 168 Å². The van der Waals surface area contributed by atoms with Crippen LogP contribution >= 0.6 is 0 Å². The molecule has 0 atom stereocenters. The van der Waals surface area contributed by atoms with Crippen LogP contribution in [-0.2, 0) is 0 Å². The third-order valence-electron chi connectivity index (χ3n) is 4.63. The van der Waals surface area contributed by atoms with E-state index in [0.29, 0.717) is 17.1 Å². The van der Waals surface area contributed by atoms with Gasteiger partial charge in [-0.25, -0.2) is 9.36 Å². The standard InChI is InChI=1S/C23H20N4O2/c1-16-13-14-17(2)20(15-16)24-25-21-22(28)26(18-9-5-3-6-10-18)27(23(21)29)19-11-7-4-8-12-19/h3-15,28H,1-2H3. The number of hydrogen-bond donors (Lipinski definition) is 1. The molecule has 1 heterocycles. The normalized spacial score (nSPS) is 11.2. The summed E-state index contributed by atoms with van der Waals surface area (Å²) in [4.78, 5) is 13.2. The van der Waals surface area contributed by atoms with Gasteiger partial charge in [-0.1, -0.05) is 48.5 Å². The summed E-state index contributed by atoms with van der Waals surface area (Å²) in [5.41, 5.74) is 3.32. The Morgan fingerprint density at radius 2 is 1.34 bits per heavy atom. The van der Waals surface area contributed by atoms with Crippen molar-refractivity contribution in [1.82, 2.24) is 9.36 Å². The van der Waals surface area contributed by atoms with Gasteiger partial charge >= 0.3 is 5.56 Å². The smallest absolute Gasteiger partial charge is 0.303 e. The summed E-state index contributed by atoms with van der Waals surface area (Å²) >= 11 is 0. The van der Waals surface area contributed by atoms with Gasteiger partial charge < -0.3 is 5.11 Å². The van der Waals surface area contributed by atoms with Crippen molar-refractivity contribution in [2.24, 2.45) is 10.2 Å². The molecule has 144 valence electrons. The fraction of sp³-hybridized carbons (Fsp3) is 0.0870. The van der Waals surface area contributed by atoms with E-state index in [1.165, 1.54) is 9.36 Å². The molecular weight excluding hydrogens is 364 g/mol. The number of para-hydroxylation sites is 2. The van der Waals surface area contributed by atoms with Crippen LogP contribution in [0.4, 0.5) is 11.4 Å². The average Bonchev–Trinajstić information content (AvgIpc) is 3.00. The SMILES string of the molecule is Cc1ccc(C)c(N=Nc2c(O)n(-c3ccccc3)n(-c3ccccc3)c2=O)c1. The number of nitrogens with zero attached hydrogens (tertiary/aromatic N) is 4. The number of rotatable bonds is 4. The van der Waals surface area contributed by atoms with Gasteiger partial charge in [0.2, 0.25) is 11.6 Å². The molecule has 0 aliphatic carbocycles. The largest absolute Gasteiger partial charge is 0.492 e. The highest BCUT2D eigenvalue weighted by Gasteiger charge is 2.22. The topological polar surface area (TPSA) is 71.9 Å². The van der Waals surface area contributed by atoms with Crippen molar-refractivity contribution in [2.75, 3.05) is 0 Å². The number of aryl methyl sites for hydroxylation is 2. The van der Waals surface area contributed by atoms with Crippen molar-refractivity contribution in [3.8, 4) is 17.3 Å². The van der Waals surface area contributed by atoms with Crippen LogP contribution in [-0.4, -0.2) is 14.5 Å². The van der Waals surface area contributed by atoms with E-state index in [0.717, 1.165) is 11.1 Å². The predicted molar refractivity (Wildman–Crippen MR) is 113 cm³/mol. The van der Waals surface area contributed by atoms with Crippen LogP contribution in [0.25, 0.3) is 11.4 Å². The molecule has 0 fully saturated rings. The van der Waals surface area contributed by atoms with Crippen LogP contribution in [0.5, 0.6) is 5.88 Å². The summed E-state index contributed by atoms with van der Waals surface area (Å²) in [5, 5.41) is 19.3. The summed E-state index contributed by atoms with van der Waals surface area (Å²) < 4.78 is 2.83. The van der Waals surface area contributed by atoms with E-state index in [2.05, 4.69) is 10.2 Å². The fourth-order valence-electron chi connectivity index (χ4n) is 3.11. The number of aromatic hydroxyl groups is 1. The zero-order valence-corrected chi connectivity index (χ0v) is 16.1. The molecule has 4 aromatic rings. The van der Waals surface area contributed by atoms with Crippen molar-refractivity contribution in [3.63, 3.8) is 0 Å². The fourth-order valence-corrected chi connectivity index (χ4v) is 3.11. The van der Waals surface area contributed by atoms with Gasteiger partial charge in [0.25, 0.3) is 0 Å². The zero-order chi connectivity index (χ0) is 20.4. The van der Waals surface area contributed by atoms with Gasteiger partial charge in [-0.15, -0.1) is 10.2 Å². The monoisotopic (exact) mass is 384 g/mol. The van der Waals surface area contributed by atoms with E-state index >= 15 is 0 Å². The van der Waals surface area contributed by atoms with E-state index in [1.54, 1.807) is 12.1 Å². The first-order chi connectivity index (χ1) is 14.1. The average molecular weight is 384 g/mol. The molecule has 6 heteroatoms. The molecule has 0 aliphatic rings. The second-order valence-corrected chi connectivity index (χ2v) is 6.76. The molecule has 29 heavy (non-hydrogen) atoms. The van der Waals surface area contributed by atoms with Crippen LogP contribution in [0.2, 0.25) is 0 Å².